The van der Waals surface area contributed by atoms with Crippen molar-refractivity contribution in [2.24, 2.45) is 0 Å². The van der Waals surface area contributed by atoms with Gasteiger partial charge in [-0.05, 0) is 61.4 Å². The summed E-state index contributed by atoms with van der Waals surface area (Å²) in [4.78, 5) is 15.1. The zero-order valence-electron chi connectivity index (χ0n) is 17.5. The summed E-state index contributed by atoms with van der Waals surface area (Å²) in [7, 11) is -2.31. The van der Waals surface area contributed by atoms with Crippen molar-refractivity contribution < 1.29 is 17.9 Å². The van der Waals surface area contributed by atoms with E-state index in [9.17, 15) is 13.2 Å². The van der Waals surface area contributed by atoms with Gasteiger partial charge >= 0.3 is 0 Å². The van der Waals surface area contributed by atoms with Gasteiger partial charge in [-0.1, -0.05) is 30.3 Å². The van der Waals surface area contributed by atoms with Gasteiger partial charge < -0.3 is 9.64 Å². The Hall–Kier alpha value is -3.32. The van der Waals surface area contributed by atoms with Crippen LogP contribution in [0.5, 0.6) is 5.75 Å². The second-order valence-corrected chi connectivity index (χ2v) is 9.44. The van der Waals surface area contributed by atoms with E-state index in [0.29, 0.717) is 42.3 Å². The number of rotatable bonds is 4. The Morgan fingerprint density at radius 2 is 1.77 bits per heavy atom. The van der Waals surface area contributed by atoms with E-state index in [2.05, 4.69) is 0 Å². The van der Waals surface area contributed by atoms with Gasteiger partial charge in [0.25, 0.3) is 15.9 Å². The largest absolute Gasteiger partial charge is 0.491 e. The highest BCUT2D eigenvalue weighted by atomic mass is 32.2. The number of hydrogen-bond donors (Lipinski definition) is 0. The predicted molar refractivity (Wildman–Crippen MR) is 121 cm³/mol. The van der Waals surface area contributed by atoms with E-state index in [-0.39, 0.29) is 10.8 Å². The number of carbonyl (C=O) groups is 1. The van der Waals surface area contributed by atoms with E-state index < -0.39 is 10.0 Å². The van der Waals surface area contributed by atoms with Crippen LogP contribution in [0, 0.1) is 6.92 Å². The minimum Gasteiger partial charge on any atom is -0.491 e. The van der Waals surface area contributed by atoms with Crippen molar-refractivity contribution in [1.82, 2.24) is 0 Å². The van der Waals surface area contributed by atoms with Gasteiger partial charge in [-0.25, -0.2) is 8.42 Å². The number of fused-ring (bicyclic) bond motifs is 1. The Morgan fingerprint density at radius 3 is 2.55 bits per heavy atom. The fraction of sp³-hybridized carbons (Fsp3) is 0.208. The molecule has 0 aromatic heterocycles. The minimum absolute atomic E-state index is 0.0697. The molecule has 0 bridgehead atoms. The maximum Gasteiger partial charge on any atom is 0.264 e. The van der Waals surface area contributed by atoms with E-state index in [4.69, 9.17) is 4.74 Å². The average molecular weight is 437 g/mol. The summed E-state index contributed by atoms with van der Waals surface area (Å²) in [6.45, 7) is 2.98. The van der Waals surface area contributed by atoms with Crippen LogP contribution in [0.25, 0.3) is 0 Å². The Balaban J connectivity index is 1.69. The molecule has 0 radical (unpaired) electrons. The summed E-state index contributed by atoms with van der Waals surface area (Å²) in [5, 5.41) is 0. The molecule has 1 heterocycles. The first-order chi connectivity index (χ1) is 14.9. The van der Waals surface area contributed by atoms with Crippen molar-refractivity contribution in [3.05, 3.63) is 83.9 Å². The molecule has 1 amide bonds. The first kappa shape index (κ1) is 20.9. The van der Waals surface area contributed by atoms with Gasteiger partial charge in [0, 0.05) is 19.2 Å². The van der Waals surface area contributed by atoms with E-state index in [1.165, 1.54) is 23.5 Å². The molecule has 0 spiro atoms. The number of benzene rings is 3. The Labute approximate surface area is 182 Å². The maximum atomic E-state index is 13.4. The molecule has 7 heteroatoms. The highest BCUT2D eigenvalue weighted by Gasteiger charge is 2.26. The molecule has 0 aliphatic carbocycles. The standard InChI is InChI=1S/C24H24N2O4S/c1-18-12-13-23-22(16-18)26(14-7-15-30-23)24(27)19-8-6-11-21(17-19)31(28,29)25(2)20-9-4-3-5-10-20/h3-6,8-13,16-17H,7,14-15H2,1-2H3. The molecule has 3 aromatic carbocycles. The van der Waals surface area contributed by atoms with Crippen LogP contribution in [0.1, 0.15) is 22.3 Å². The lowest BCUT2D eigenvalue weighted by Crippen LogP contribution is -2.32. The molecule has 0 atom stereocenters. The molecule has 0 saturated heterocycles. The number of ether oxygens (including phenoxy) is 1. The molecule has 0 unspecified atom stereocenters. The fourth-order valence-corrected chi connectivity index (χ4v) is 4.82. The summed E-state index contributed by atoms with van der Waals surface area (Å²) in [5.74, 6) is 0.404. The molecule has 3 aromatic rings. The van der Waals surface area contributed by atoms with Crippen LogP contribution in [0.4, 0.5) is 11.4 Å². The molecule has 1 aliphatic heterocycles. The number of nitrogens with zero attached hydrogens (tertiary/aromatic N) is 2. The molecule has 1 aliphatic rings. The number of amides is 1. The number of hydrogen-bond acceptors (Lipinski definition) is 4. The third-order valence-electron chi connectivity index (χ3n) is 5.29. The van der Waals surface area contributed by atoms with Gasteiger partial charge in [-0.15, -0.1) is 0 Å². The molecular formula is C24H24N2O4S. The lowest BCUT2D eigenvalue weighted by molar-refractivity contribution is 0.0987. The second kappa shape index (κ2) is 8.43. The van der Waals surface area contributed by atoms with Crippen LogP contribution in [0.15, 0.2) is 77.7 Å². The van der Waals surface area contributed by atoms with Crippen LogP contribution >= 0.6 is 0 Å². The summed E-state index contributed by atoms with van der Waals surface area (Å²) in [6, 6.07) is 20.8. The normalized spacial score (nSPS) is 13.7. The second-order valence-electron chi connectivity index (χ2n) is 7.47. The van der Waals surface area contributed by atoms with E-state index in [0.717, 1.165) is 5.56 Å². The first-order valence-electron chi connectivity index (χ1n) is 10.1. The monoisotopic (exact) mass is 436 g/mol. The third kappa shape index (κ3) is 4.14. The molecular weight excluding hydrogens is 412 g/mol. The van der Waals surface area contributed by atoms with Crippen molar-refractivity contribution in [1.29, 1.82) is 0 Å². The summed E-state index contributed by atoms with van der Waals surface area (Å²) >= 11 is 0. The van der Waals surface area contributed by atoms with Crippen LogP contribution in [-0.4, -0.2) is 34.5 Å². The molecule has 0 fully saturated rings. The summed E-state index contributed by atoms with van der Waals surface area (Å²) in [6.07, 6.45) is 0.689. The van der Waals surface area contributed by atoms with E-state index >= 15 is 0 Å². The van der Waals surface area contributed by atoms with Crippen molar-refractivity contribution in [3.8, 4) is 5.75 Å². The van der Waals surface area contributed by atoms with Gasteiger partial charge in [0.1, 0.15) is 5.75 Å². The zero-order chi connectivity index (χ0) is 22.0. The van der Waals surface area contributed by atoms with Crippen molar-refractivity contribution in [2.75, 3.05) is 29.4 Å². The lowest BCUT2D eigenvalue weighted by atomic mass is 10.1. The number of carbonyl (C=O) groups excluding carboxylic acids is 1. The quantitative estimate of drug-likeness (QED) is 0.613. The van der Waals surface area contributed by atoms with Crippen LogP contribution in [-0.2, 0) is 10.0 Å². The summed E-state index contributed by atoms with van der Waals surface area (Å²) < 4.78 is 33.3. The zero-order valence-corrected chi connectivity index (χ0v) is 18.3. The molecule has 4 rings (SSSR count). The van der Waals surface area contributed by atoms with Crippen LogP contribution < -0.4 is 13.9 Å². The van der Waals surface area contributed by atoms with E-state index in [1.807, 2.05) is 31.2 Å². The number of sulfonamides is 1. The van der Waals surface area contributed by atoms with Crippen LogP contribution in [0.2, 0.25) is 0 Å². The maximum absolute atomic E-state index is 13.4. The number of para-hydroxylation sites is 1. The topological polar surface area (TPSA) is 66.9 Å². The molecule has 160 valence electrons. The van der Waals surface area contributed by atoms with Crippen molar-refractivity contribution in [3.63, 3.8) is 0 Å². The molecule has 31 heavy (non-hydrogen) atoms. The Bertz CT molecular complexity index is 1210. The van der Waals surface area contributed by atoms with Crippen LogP contribution in [0.3, 0.4) is 0 Å². The fourth-order valence-electron chi connectivity index (χ4n) is 3.58. The molecule has 6 nitrogen and oxygen atoms in total. The first-order valence-corrected chi connectivity index (χ1v) is 11.5. The minimum atomic E-state index is -3.82. The highest BCUT2D eigenvalue weighted by molar-refractivity contribution is 7.92. The smallest absolute Gasteiger partial charge is 0.264 e. The average Bonchev–Trinajstić information content (AvgIpc) is 3.00. The third-order valence-corrected chi connectivity index (χ3v) is 7.07. The summed E-state index contributed by atoms with van der Waals surface area (Å²) in [5.41, 5.74) is 2.59. The van der Waals surface area contributed by atoms with Gasteiger partial charge in [-0.3, -0.25) is 9.10 Å². The SMILES string of the molecule is Cc1ccc2c(c1)N(C(=O)c1cccc(S(=O)(=O)N(C)c3ccccc3)c1)CCCO2. The number of anilines is 2. The molecule has 0 N–H and O–H groups in total. The van der Waals surface area contributed by atoms with Gasteiger partial charge in [0.15, 0.2) is 0 Å². The lowest BCUT2D eigenvalue weighted by Gasteiger charge is -2.23. The van der Waals surface area contributed by atoms with Gasteiger partial charge in [0.2, 0.25) is 0 Å². The van der Waals surface area contributed by atoms with Crippen molar-refractivity contribution >= 4 is 27.3 Å². The molecule has 0 saturated carbocycles. The van der Waals surface area contributed by atoms with Gasteiger partial charge in [0.05, 0.1) is 22.9 Å². The van der Waals surface area contributed by atoms with E-state index in [1.54, 1.807) is 41.3 Å². The van der Waals surface area contributed by atoms with Crippen molar-refractivity contribution in [2.45, 2.75) is 18.2 Å². The predicted octanol–water partition coefficient (Wildman–Crippen LogP) is 4.25. The van der Waals surface area contributed by atoms with Gasteiger partial charge in [-0.2, -0.15) is 0 Å². The Morgan fingerprint density at radius 1 is 1.00 bits per heavy atom. The Kier molecular flexibility index (Phi) is 5.69. The highest BCUT2D eigenvalue weighted by Crippen LogP contribution is 2.33. The number of aryl methyl sites for hydroxylation is 1.